The molecule has 0 amide bonds. The van der Waals surface area contributed by atoms with Gasteiger partial charge in [-0.2, -0.15) is 8.78 Å². The molecule has 104 valence electrons. The van der Waals surface area contributed by atoms with Crippen LogP contribution in [-0.2, 0) is 4.74 Å². The molecule has 0 radical (unpaired) electrons. The number of hydrogen-bond donors (Lipinski definition) is 0. The molecule has 0 bridgehead atoms. The van der Waals surface area contributed by atoms with Crippen LogP contribution in [0.4, 0.5) is 8.78 Å². The molecule has 0 N–H and O–H groups in total. The molecule has 2 rings (SSSR count). The van der Waals surface area contributed by atoms with Crippen molar-refractivity contribution >= 4 is 0 Å². The zero-order valence-electron chi connectivity index (χ0n) is 11.2. The van der Waals surface area contributed by atoms with Crippen molar-refractivity contribution in [3.63, 3.8) is 0 Å². The van der Waals surface area contributed by atoms with Crippen molar-refractivity contribution in [1.82, 2.24) is 0 Å². The summed E-state index contributed by atoms with van der Waals surface area (Å²) in [4.78, 5) is 0. The van der Waals surface area contributed by atoms with Gasteiger partial charge in [-0.25, -0.2) is 0 Å². The molecule has 2 aliphatic rings. The van der Waals surface area contributed by atoms with Crippen LogP contribution in [0.2, 0.25) is 0 Å². The van der Waals surface area contributed by atoms with Crippen molar-refractivity contribution in [2.75, 3.05) is 0 Å². The van der Waals surface area contributed by atoms with Gasteiger partial charge in [0, 0.05) is 0 Å². The Labute approximate surface area is 109 Å². The zero-order valence-corrected chi connectivity index (χ0v) is 11.2. The van der Waals surface area contributed by atoms with Gasteiger partial charge >= 0.3 is 6.08 Å². The number of rotatable bonds is 3. The van der Waals surface area contributed by atoms with E-state index < -0.39 is 6.08 Å². The first-order valence-electron chi connectivity index (χ1n) is 7.31. The minimum Gasteiger partial charge on any atom is -0.492 e. The Hall–Kier alpha value is -0.600. The smallest absolute Gasteiger partial charge is 0.304 e. The van der Waals surface area contributed by atoms with Crippen LogP contribution in [0.25, 0.3) is 0 Å². The van der Waals surface area contributed by atoms with Gasteiger partial charge in [-0.3, -0.25) is 0 Å². The van der Waals surface area contributed by atoms with Crippen molar-refractivity contribution in [2.45, 2.75) is 64.4 Å². The third-order valence-electron chi connectivity index (χ3n) is 4.80. The Morgan fingerprint density at radius 2 is 1.39 bits per heavy atom. The third-order valence-corrected chi connectivity index (χ3v) is 4.80. The molecule has 0 aromatic heterocycles. The van der Waals surface area contributed by atoms with Crippen molar-refractivity contribution in [3.8, 4) is 0 Å². The van der Waals surface area contributed by atoms with E-state index >= 15 is 0 Å². The summed E-state index contributed by atoms with van der Waals surface area (Å²) in [6.07, 6.45) is 8.61. The van der Waals surface area contributed by atoms with Crippen LogP contribution >= 0.6 is 0 Å². The number of ether oxygens (including phenoxy) is 1. The second-order valence-electron chi connectivity index (χ2n) is 6.10. The zero-order chi connectivity index (χ0) is 13.0. The van der Waals surface area contributed by atoms with Gasteiger partial charge in [0.1, 0.15) is 6.26 Å². The lowest BCUT2D eigenvalue weighted by molar-refractivity contribution is 0.0589. The molecule has 3 heteroatoms. The Balaban J connectivity index is 1.71. The van der Waals surface area contributed by atoms with Gasteiger partial charge in [-0.1, -0.05) is 19.8 Å². The molecule has 0 aromatic rings. The first-order chi connectivity index (χ1) is 8.65. The molecular formula is C15H24F2O. The SMILES string of the molecule is C[C@H]1CC[C@H](C2CCC(OC=C(F)F)CC2)CC1. The Kier molecular flexibility index (Phi) is 5.02. The summed E-state index contributed by atoms with van der Waals surface area (Å²) in [6.45, 7) is 2.35. The third kappa shape index (κ3) is 3.96. The van der Waals surface area contributed by atoms with Crippen LogP contribution in [0.3, 0.4) is 0 Å². The maximum Gasteiger partial charge on any atom is 0.304 e. The van der Waals surface area contributed by atoms with Gasteiger partial charge in [0.05, 0.1) is 6.10 Å². The van der Waals surface area contributed by atoms with Gasteiger partial charge < -0.3 is 4.74 Å². The second-order valence-corrected chi connectivity index (χ2v) is 6.10. The highest BCUT2D eigenvalue weighted by molar-refractivity contribution is 4.83. The van der Waals surface area contributed by atoms with Crippen LogP contribution in [-0.4, -0.2) is 6.10 Å². The average molecular weight is 258 g/mol. The monoisotopic (exact) mass is 258 g/mol. The van der Waals surface area contributed by atoms with Crippen LogP contribution in [0.5, 0.6) is 0 Å². The normalized spacial score (nSPS) is 37.1. The van der Waals surface area contributed by atoms with Gasteiger partial charge in [0.25, 0.3) is 0 Å². The topological polar surface area (TPSA) is 9.23 Å². The van der Waals surface area contributed by atoms with Gasteiger partial charge in [0.2, 0.25) is 0 Å². The molecule has 0 unspecified atom stereocenters. The van der Waals surface area contributed by atoms with Gasteiger partial charge in [-0.15, -0.1) is 0 Å². The van der Waals surface area contributed by atoms with Crippen LogP contribution in [0, 0.1) is 17.8 Å². The molecule has 0 aliphatic heterocycles. The fraction of sp³-hybridized carbons (Fsp3) is 0.867. The lowest BCUT2D eigenvalue weighted by Crippen LogP contribution is -2.27. The lowest BCUT2D eigenvalue weighted by Gasteiger charge is -2.36. The van der Waals surface area contributed by atoms with E-state index in [1.54, 1.807) is 0 Å². The summed E-state index contributed by atoms with van der Waals surface area (Å²) in [6, 6.07) is 0. The van der Waals surface area contributed by atoms with Crippen LogP contribution in [0.1, 0.15) is 58.3 Å². The molecule has 2 aliphatic carbocycles. The summed E-state index contributed by atoms with van der Waals surface area (Å²) in [5.74, 6) is 2.60. The molecule has 0 saturated heterocycles. The van der Waals surface area contributed by atoms with E-state index in [1.165, 1.54) is 25.7 Å². The standard InChI is InChI=1S/C15H24F2O/c1-11-2-4-12(5-3-11)13-6-8-14(9-7-13)18-10-15(16)17/h10-14H,2-9H2,1H3/t11-,12-,13?,14?. The maximum atomic E-state index is 11.9. The predicted molar refractivity (Wildman–Crippen MR) is 68.3 cm³/mol. The van der Waals surface area contributed by atoms with E-state index in [0.29, 0.717) is 6.26 Å². The van der Waals surface area contributed by atoms with Crippen molar-refractivity contribution < 1.29 is 13.5 Å². The summed E-state index contributed by atoms with van der Waals surface area (Å²) >= 11 is 0. The molecule has 1 nitrogen and oxygen atoms in total. The first-order valence-corrected chi connectivity index (χ1v) is 7.31. The van der Waals surface area contributed by atoms with Crippen molar-refractivity contribution in [2.24, 2.45) is 17.8 Å². The van der Waals surface area contributed by atoms with E-state index in [1.807, 2.05) is 0 Å². The molecule has 2 saturated carbocycles. The van der Waals surface area contributed by atoms with E-state index in [4.69, 9.17) is 4.74 Å². The molecule has 0 aromatic carbocycles. The highest BCUT2D eigenvalue weighted by Crippen LogP contribution is 2.40. The Morgan fingerprint density at radius 1 is 0.889 bits per heavy atom. The lowest BCUT2D eigenvalue weighted by atomic mass is 9.71. The largest absolute Gasteiger partial charge is 0.492 e. The summed E-state index contributed by atoms with van der Waals surface area (Å²) < 4.78 is 28.9. The van der Waals surface area contributed by atoms with Crippen LogP contribution in [0.15, 0.2) is 12.3 Å². The maximum absolute atomic E-state index is 11.9. The van der Waals surface area contributed by atoms with E-state index in [0.717, 1.165) is 43.4 Å². The van der Waals surface area contributed by atoms with E-state index in [-0.39, 0.29) is 6.10 Å². The highest BCUT2D eigenvalue weighted by atomic mass is 19.3. The minimum absolute atomic E-state index is 0.0188. The summed E-state index contributed by atoms with van der Waals surface area (Å²) in [7, 11) is 0. The number of hydrogen-bond acceptors (Lipinski definition) is 1. The molecule has 0 heterocycles. The summed E-state index contributed by atoms with van der Waals surface area (Å²) in [5, 5.41) is 0. The van der Waals surface area contributed by atoms with E-state index in [2.05, 4.69) is 6.92 Å². The molecule has 0 spiro atoms. The predicted octanol–water partition coefficient (Wildman–Crippen LogP) is 5.13. The fourth-order valence-corrected chi connectivity index (χ4v) is 3.60. The highest BCUT2D eigenvalue weighted by Gasteiger charge is 2.30. The second kappa shape index (κ2) is 6.53. The first kappa shape index (κ1) is 13.8. The minimum atomic E-state index is -1.72. The van der Waals surface area contributed by atoms with Crippen LogP contribution < -0.4 is 0 Å². The molecule has 18 heavy (non-hydrogen) atoms. The Morgan fingerprint density at radius 3 is 1.89 bits per heavy atom. The molecular weight excluding hydrogens is 234 g/mol. The van der Waals surface area contributed by atoms with Crippen molar-refractivity contribution in [3.05, 3.63) is 12.3 Å². The fourth-order valence-electron chi connectivity index (χ4n) is 3.60. The van der Waals surface area contributed by atoms with Gasteiger partial charge in [0.15, 0.2) is 0 Å². The summed E-state index contributed by atoms with van der Waals surface area (Å²) in [5.41, 5.74) is 0. The quantitative estimate of drug-likeness (QED) is 0.638. The van der Waals surface area contributed by atoms with Gasteiger partial charge in [-0.05, 0) is 56.3 Å². The Bertz CT molecular complexity index is 270. The van der Waals surface area contributed by atoms with E-state index in [9.17, 15) is 8.78 Å². The molecule has 2 fully saturated rings. The average Bonchev–Trinajstić information content (AvgIpc) is 2.38. The molecule has 0 atom stereocenters. The number of halogens is 2. The van der Waals surface area contributed by atoms with Crippen molar-refractivity contribution in [1.29, 1.82) is 0 Å².